The van der Waals surface area contributed by atoms with Crippen LogP contribution >= 0.6 is 0 Å². The number of carbonyl (C=O) groups excluding carboxylic acids is 2. The summed E-state index contributed by atoms with van der Waals surface area (Å²) in [6.45, 7) is 0. The number of rotatable bonds is 2. The highest BCUT2D eigenvalue weighted by Crippen LogP contribution is 2.46. The van der Waals surface area contributed by atoms with Gasteiger partial charge in [-0.25, -0.2) is 0 Å². The van der Waals surface area contributed by atoms with Crippen LogP contribution in [0.4, 0.5) is 0 Å². The molecule has 2 aromatic carbocycles. The normalized spacial score (nSPS) is 12.2. The monoisotopic (exact) mass is 309 g/mol. The van der Waals surface area contributed by atoms with Crippen LogP contribution in [0.1, 0.15) is 37.4 Å². The molecular weight excluding hydrogens is 298 g/mol. The maximum atomic E-state index is 12.8. The lowest BCUT2D eigenvalue weighted by Crippen LogP contribution is -2.23. The van der Waals surface area contributed by atoms with Crippen molar-refractivity contribution in [1.29, 1.82) is 5.26 Å². The molecule has 0 atom stereocenters. The zero-order chi connectivity index (χ0) is 16.7. The second-order valence-corrected chi connectivity index (χ2v) is 4.86. The van der Waals surface area contributed by atoms with Crippen molar-refractivity contribution in [3.05, 3.63) is 52.1 Å². The number of methoxy groups -OCH3 is 2. The van der Waals surface area contributed by atoms with E-state index in [0.29, 0.717) is 0 Å². The number of carbonyl (C=O) groups is 2. The summed E-state index contributed by atoms with van der Waals surface area (Å²) in [5.74, 6) is -1.78. The van der Waals surface area contributed by atoms with Crippen LogP contribution in [0.3, 0.4) is 0 Å². The van der Waals surface area contributed by atoms with Crippen molar-refractivity contribution in [3.63, 3.8) is 0 Å². The van der Waals surface area contributed by atoms with Crippen LogP contribution in [-0.2, 0) is 0 Å². The van der Waals surface area contributed by atoms with Crippen LogP contribution in [0.15, 0.2) is 24.3 Å². The molecule has 114 valence electrons. The highest BCUT2D eigenvalue weighted by atomic mass is 16.5. The van der Waals surface area contributed by atoms with Crippen LogP contribution in [0.25, 0.3) is 0 Å². The van der Waals surface area contributed by atoms with Gasteiger partial charge in [0.25, 0.3) is 0 Å². The second-order valence-electron chi connectivity index (χ2n) is 4.86. The maximum absolute atomic E-state index is 12.8. The van der Waals surface area contributed by atoms with Crippen molar-refractivity contribution in [3.8, 4) is 23.3 Å². The first-order valence-corrected chi connectivity index (χ1v) is 6.66. The number of phenolic OH excluding ortho intramolecular Hbond substituents is 1. The molecule has 0 spiro atoms. The van der Waals surface area contributed by atoms with E-state index in [2.05, 4.69) is 0 Å². The number of hydrogen-bond acceptors (Lipinski definition) is 6. The van der Waals surface area contributed by atoms with Gasteiger partial charge in [0.1, 0.15) is 11.6 Å². The fourth-order valence-electron chi connectivity index (χ4n) is 2.78. The van der Waals surface area contributed by atoms with E-state index >= 15 is 0 Å². The Morgan fingerprint density at radius 3 is 1.87 bits per heavy atom. The minimum absolute atomic E-state index is 0.0672. The SMILES string of the molecule is COc1c(O)c(C#N)c(OC)c2c1C(=O)c1ccccc1C2=O. The topological polar surface area (TPSA) is 96.6 Å². The third-order valence-corrected chi connectivity index (χ3v) is 3.77. The van der Waals surface area contributed by atoms with Gasteiger partial charge in [0, 0.05) is 11.1 Å². The van der Waals surface area contributed by atoms with Gasteiger partial charge in [0.2, 0.25) is 0 Å². The lowest BCUT2D eigenvalue weighted by Gasteiger charge is -2.23. The molecule has 0 saturated heterocycles. The van der Waals surface area contributed by atoms with Gasteiger partial charge >= 0.3 is 0 Å². The zero-order valence-electron chi connectivity index (χ0n) is 12.3. The summed E-state index contributed by atoms with van der Waals surface area (Å²) in [5.41, 5.74) is 0.0324. The molecule has 0 heterocycles. The van der Waals surface area contributed by atoms with Gasteiger partial charge in [-0.15, -0.1) is 0 Å². The average Bonchev–Trinajstić information content (AvgIpc) is 2.58. The number of nitriles is 1. The third kappa shape index (κ3) is 1.80. The molecule has 0 saturated carbocycles. The number of aromatic hydroxyl groups is 1. The van der Waals surface area contributed by atoms with E-state index in [-0.39, 0.29) is 39.3 Å². The van der Waals surface area contributed by atoms with Crippen LogP contribution in [0, 0.1) is 11.3 Å². The molecular formula is C17H11NO5. The van der Waals surface area contributed by atoms with Crippen LogP contribution < -0.4 is 9.47 Å². The molecule has 0 radical (unpaired) electrons. The van der Waals surface area contributed by atoms with Gasteiger partial charge in [-0.1, -0.05) is 24.3 Å². The quantitative estimate of drug-likeness (QED) is 0.778. The Hall–Kier alpha value is -3.33. The number of ketones is 2. The van der Waals surface area contributed by atoms with Crippen molar-refractivity contribution in [2.24, 2.45) is 0 Å². The number of hydrogen-bond donors (Lipinski definition) is 1. The van der Waals surface area contributed by atoms with Crippen LogP contribution in [-0.4, -0.2) is 30.9 Å². The summed E-state index contributed by atoms with van der Waals surface area (Å²) >= 11 is 0. The molecule has 0 bridgehead atoms. The number of phenols is 1. The Bertz CT molecular complexity index is 908. The fourth-order valence-corrected chi connectivity index (χ4v) is 2.78. The maximum Gasteiger partial charge on any atom is 0.198 e. The predicted octanol–water partition coefficient (Wildman–Crippen LogP) is 2.06. The summed E-state index contributed by atoms with van der Waals surface area (Å²) in [5, 5.41) is 19.5. The fraction of sp³-hybridized carbons (Fsp3) is 0.118. The number of benzene rings is 2. The van der Waals surface area contributed by atoms with Crippen molar-refractivity contribution < 1.29 is 24.2 Å². The Morgan fingerprint density at radius 1 is 0.957 bits per heavy atom. The minimum atomic E-state index is -0.522. The van der Waals surface area contributed by atoms with Crippen LogP contribution in [0.5, 0.6) is 17.2 Å². The number of nitrogens with zero attached hydrogens (tertiary/aromatic N) is 1. The van der Waals surface area contributed by atoms with E-state index in [4.69, 9.17) is 9.47 Å². The molecule has 1 aliphatic carbocycles. The molecule has 1 aliphatic rings. The van der Waals surface area contributed by atoms with Gasteiger partial charge in [-0.2, -0.15) is 5.26 Å². The molecule has 3 rings (SSSR count). The van der Waals surface area contributed by atoms with Gasteiger partial charge < -0.3 is 14.6 Å². The highest BCUT2D eigenvalue weighted by molar-refractivity contribution is 6.30. The van der Waals surface area contributed by atoms with E-state index in [0.717, 1.165) is 0 Å². The lowest BCUT2D eigenvalue weighted by atomic mass is 9.81. The first-order valence-electron chi connectivity index (χ1n) is 6.66. The summed E-state index contributed by atoms with van der Waals surface area (Å²) in [6.07, 6.45) is 0. The first kappa shape index (κ1) is 14.6. The lowest BCUT2D eigenvalue weighted by molar-refractivity contribution is 0.0973. The van der Waals surface area contributed by atoms with Gasteiger partial charge in [0.15, 0.2) is 28.8 Å². The second kappa shape index (κ2) is 5.14. The van der Waals surface area contributed by atoms with E-state index in [9.17, 15) is 20.0 Å². The van der Waals surface area contributed by atoms with E-state index < -0.39 is 17.3 Å². The predicted molar refractivity (Wildman–Crippen MR) is 79.2 cm³/mol. The Balaban J connectivity index is 2.50. The summed E-state index contributed by atoms with van der Waals surface area (Å²) in [7, 11) is 2.52. The van der Waals surface area contributed by atoms with Gasteiger partial charge in [0.05, 0.1) is 25.3 Å². The summed E-state index contributed by atoms with van der Waals surface area (Å²) in [4.78, 5) is 25.6. The van der Waals surface area contributed by atoms with Crippen molar-refractivity contribution in [2.75, 3.05) is 14.2 Å². The molecule has 0 fully saturated rings. The number of ether oxygens (including phenoxy) is 2. The molecule has 2 aromatic rings. The Labute approximate surface area is 131 Å². The van der Waals surface area contributed by atoms with Crippen molar-refractivity contribution in [1.82, 2.24) is 0 Å². The van der Waals surface area contributed by atoms with E-state index in [1.807, 2.05) is 0 Å². The zero-order valence-corrected chi connectivity index (χ0v) is 12.3. The van der Waals surface area contributed by atoms with Crippen molar-refractivity contribution >= 4 is 11.6 Å². The molecule has 23 heavy (non-hydrogen) atoms. The highest BCUT2D eigenvalue weighted by Gasteiger charge is 2.38. The minimum Gasteiger partial charge on any atom is -0.503 e. The average molecular weight is 309 g/mol. The molecule has 0 aromatic heterocycles. The third-order valence-electron chi connectivity index (χ3n) is 3.77. The number of fused-ring (bicyclic) bond motifs is 2. The molecule has 0 aliphatic heterocycles. The molecule has 6 nitrogen and oxygen atoms in total. The van der Waals surface area contributed by atoms with E-state index in [1.54, 1.807) is 18.2 Å². The summed E-state index contributed by atoms with van der Waals surface area (Å²) < 4.78 is 10.2. The van der Waals surface area contributed by atoms with Crippen LogP contribution in [0.2, 0.25) is 0 Å². The molecule has 1 N–H and O–H groups in total. The summed E-state index contributed by atoms with van der Waals surface area (Å²) in [6, 6.07) is 8.12. The standard InChI is InChI=1S/C17H11NO5/c1-22-16-10(7-18)15(21)17(23-2)12-11(16)13(19)8-5-3-4-6-9(8)14(12)20/h3-6,21H,1-2H3. The smallest absolute Gasteiger partial charge is 0.198 e. The molecule has 0 amide bonds. The van der Waals surface area contributed by atoms with E-state index in [1.165, 1.54) is 26.4 Å². The van der Waals surface area contributed by atoms with Gasteiger partial charge in [-0.3, -0.25) is 9.59 Å². The Morgan fingerprint density at radius 2 is 1.43 bits per heavy atom. The Kier molecular flexibility index (Phi) is 3.26. The molecule has 0 unspecified atom stereocenters. The molecule has 6 heteroatoms. The largest absolute Gasteiger partial charge is 0.503 e. The van der Waals surface area contributed by atoms with Gasteiger partial charge in [-0.05, 0) is 0 Å². The van der Waals surface area contributed by atoms with Crippen molar-refractivity contribution in [2.45, 2.75) is 0 Å². The first-order chi connectivity index (χ1) is 11.1.